The van der Waals surface area contributed by atoms with Gasteiger partial charge in [0.25, 0.3) is 5.91 Å². The average molecular weight is 392 g/mol. The van der Waals surface area contributed by atoms with E-state index in [1.807, 2.05) is 0 Å². The van der Waals surface area contributed by atoms with Crippen molar-refractivity contribution in [2.75, 3.05) is 13.2 Å². The SMILES string of the molecule is C#CCNC(=O)COC(=O)c1ccccc1OCc1ccc(Cl)cc1Cl. The molecule has 26 heavy (non-hydrogen) atoms. The molecule has 0 saturated heterocycles. The lowest BCUT2D eigenvalue weighted by atomic mass is 10.2. The van der Waals surface area contributed by atoms with Crippen LogP contribution in [0.4, 0.5) is 0 Å². The molecule has 0 radical (unpaired) electrons. The molecule has 1 N–H and O–H groups in total. The number of ether oxygens (including phenoxy) is 2. The van der Waals surface area contributed by atoms with Gasteiger partial charge in [0.05, 0.1) is 6.54 Å². The normalized spacial score (nSPS) is 9.88. The summed E-state index contributed by atoms with van der Waals surface area (Å²) in [5.74, 6) is 1.40. The van der Waals surface area contributed by atoms with Gasteiger partial charge in [-0.1, -0.05) is 47.3 Å². The first-order valence-corrected chi connectivity index (χ1v) is 8.30. The first-order valence-electron chi connectivity index (χ1n) is 7.54. The highest BCUT2D eigenvalue weighted by atomic mass is 35.5. The molecule has 2 aromatic carbocycles. The Labute approximate surface area is 161 Å². The molecule has 0 spiro atoms. The lowest BCUT2D eigenvalue weighted by molar-refractivity contribution is -0.123. The molecule has 0 aromatic heterocycles. The van der Waals surface area contributed by atoms with Crippen molar-refractivity contribution in [3.63, 3.8) is 0 Å². The zero-order valence-electron chi connectivity index (χ0n) is 13.6. The van der Waals surface area contributed by atoms with E-state index in [0.29, 0.717) is 21.4 Å². The van der Waals surface area contributed by atoms with Crippen LogP contribution in [-0.4, -0.2) is 25.0 Å². The number of amides is 1. The molecule has 2 rings (SSSR count). The zero-order chi connectivity index (χ0) is 18.9. The Morgan fingerprint density at radius 1 is 1.15 bits per heavy atom. The molecule has 0 atom stereocenters. The zero-order valence-corrected chi connectivity index (χ0v) is 15.1. The van der Waals surface area contributed by atoms with Gasteiger partial charge in [0.2, 0.25) is 0 Å². The van der Waals surface area contributed by atoms with Gasteiger partial charge < -0.3 is 14.8 Å². The summed E-state index contributed by atoms with van der Waals surface area (Å²) in [5, 5.41) is 3.38. The number of esters is 1. The molecule has 1 amide bonds. The van der Waals surface area contributed by atoms with Crippen molar-refractivity contribution in [2.45, 2.75) is 6.61 Å². The Morgan fingerprint density at radius 3 is 2.65 bits per heavy atom. The molecule has 5 nitrogen and oxygen atoms in total. The number of para-hydroxylation sites is 1. The van der Waals surface area contributed by atoms with Crippen molar-refractivity contribution in [3.8, 4) is 18.1 Å². The van der Waals surface area contributed by atoms with Crippen LogP contribution in [0.2, 0.25) is 10.0 Å². The number of halogens is 2. The minimum absolute atomic E-state index is 0.0674. The summed E-state index contributed by atoms with van der Waals surface area (Å²) in [4.78, 5) is 23.7. The lowest BCUT2D eigenvalue weighted by Gasteiger charge is -2.12. The third-order valence-electron chi connectivity index (χ3n) is 3.23. The van der Waals surface area contributed by atoms with Gasteiger partial charge >= 0.3 is 5.97 Å². The molecule has 0 fully saturated rings. The first-order chi connectivity index (χ1) is 12.5. The Balaban J connectivity index is 2.01. The second-order valence-corrected chi connectivity index (χ2v) is 5.92. The summed E-state index contributed by atoms with van der Waals surface area (Å²) < 4.78 is 10.7. The van der Waals surface area contributed by atoms with Crippen molar-refractivity contribution in [1.82, 2.24) is 5.32 Å². The van der Waals surface area contributed by atoms with Crippen LogP contribution in [0.25, 0.3) is 0 Å². The maximum atomic E-state index is 12.2. The molecule has 134 valence electrons. The second-order valence-electron chi connectivity index (χ2n) is 5.08. The van der Waals surface area contributed by atoms with E-state index in [4.69, 9.17) is 39.1 Å². The Bertz CT molecular complexity index is 846. The number of nitrogens with one attached hydrogen (secondary N) is 1. The number of terminal acetylenes is 1. The van der Waals surface area contributed by atoms with Gasteiger partial charge in [0, 0.05) is 15.6 Å². The number of rotatable bonds is 7. The number of benzene rings is 2. The summed E-state index contributed by atoms with van der Waals surface area (Å²) in [6.45, 7) is -0.223. The van der Waals surface area contributed by atoms with Gasteiger partial charge in [-0.05, 0) is 24.3 Å². The van der Waals surface area contributed by atoms with Gasteiger partial charge in [-0.15, -0.1) is 6.42 Å². The third-order valence-corrected chi connectivity index (χ3v) is 3.81. The molecule has 7 heteroatoms. The van der Waals surface area contributed by atoms with Gasteiger partial charge in [-0.3, -0.25) is 4.79 Å². The Hall–Kier alpha value is -2.68. The molecule has 0 aliphatic rings. The first kappa shape index (κ1) is 19.6. The van der Waals surface area contributed by atoms with Crippen LogP contribution in [0.1, 0.15) is 15.9 Å². The van der Waals surface area contributed by atoms with Gasteiger partial charge in [-0.25, -0.2) is 4.79 Å². The number of hydrogen-bond donors (Lipinski definition) is 1. The number of carbonyl (C=O) groups excluding carboxylic acids is 2. The standard InChI is InChI=1S/C19H15Cl2NO4/c1-2-9-22-18(23)12-26-19(24)15-5-3-4-6-17(15)25-11-13-7-8-14(20)10-16(13)21/h1,3-8,10H,9,11-12H2,(H,22,23). The van der Waals surface area contributed by atoms with Crippen molar-refractivity contribution in [3.05, 3.63) is 63.6 Å². The third kappa shape index (κ3) is 5.69. The number of hydrogen-bond acceptors (Lipinski definition) is 4. The summed E-state index contributed by atoms with van der Waals surface area (Å²) in [7, 11) is 0. The maximum Gasteiger partial charge on any atom is 0.342 e. The molecule has 0 heterocycles. The fourth-order valence-electron chi connectivity index (χ4n) is 1.96. The van der Waals surface area contributed by atoms with Crippen molar-refractivity contribution < 1.29 is 19.1 Å². The minimum atomic E-state index is -0.682. The Morgan fingerprint density at radius 2 is 1.92 bits per heavy atom. The molecule has 0 aliphatic heterocycles. The highest BCUT2D eigenvalue weighted by molar-refractivity contribution is 6.35. The highest BCUT2D eigenvalue weighted by Gasteiger charge is 2.15. The number of carbonyl (C=O) groups is 2. The molecular weight excluding hydrogens is 377 g/mol. The molecule has 0 unspecified atom stereocenters. The molecule has 2 aromatic rings. The summed E-state index contributed by atoms with van der Waals surface area (Å²) in [5.41, 5.74) is 0.912. The monoisotopic (exact) mass is 391 g/mol. The van der Waals surface area contributed by atoms with Crippen LogP contribution in [0, 0.1) is 12.3 Å². The van der Waals surface area contributed by atoms with E-state index in [1.165, 1.54) is 0 Å². The second kappa shape index (κ2) is 9.71. The van der Waals surface area contributed by atoms with E-state index in [0.717, 1.165) is 0 Å². The molecule has 0 aliphatic carbocycles. The van der Waals surface area contributed by atoms with E-state index in [2.05, 4.69) is 11.2 Å². The molecule has 0 saturated carbocycles. The van der Waals surface area contributed by atoms with Crippen LogP contribution >= 0.6 is 23.2 Å². The van der Waals surface area contributed by atoms with Gasteiger partial charge in [0.1, 0.15) is 17.9 Å². The van der Waals surface area contributed by atoms with E-state index in [-0.39, 0.29) is 18.7 Å². The fourth-order valence-corrected chi connectivity index (χ4v) is 2.43. The highest BCUT2D eigenvalue weighted by Crippen LogP contribution is 2.24. The van der Waals surface area contributed by atoms with Gasteiger partial charge in [-0.2, -0.15) is 0 Å². The largest absolute Gasteiger partial charge is 0.488 e. The van der Waals surface area contributed by atoms with Crippen LogP contribution in [0.3, 0.4) is 0 Å². The van der Waals surface area contributed by atoms with Gasteiger partial charge in [0.15, 0.2) is 6.61 Å². The van der Waals surface area contributed by atoms with Crippen molar-refractivity contribution >= 4 is 35.1 Å². The van der Waals surface area contributed by atoms with Crippen molar-refractivity contribution in [1.29, 1.82) is 0 Å². The minimum Gasteiger partial charge on any atom is -0.488 e. The van der Waals surface area contributed by atoms with E-state index in [9.17, 15) is 9.59 Å². The van der Waals surface area contributed by atoms with Crippen LogP contribution in [0.15, 0.2) is 42.5 Å². The molecule has 0 bridgehead atoms. The van der Waals surface area contributed by atoms with E-state index < -0.39 is 18.5 Å². The van der Waals surface area contributed by atoms with Crippen LogP contribution < -0.4 is 10.1 Å². The fraction of sp³-hybridized carbons (Fsp3) is 0.158. The van der Waals surface area contributed by atoms with Crippen LogP contribution in [-0.2, 0) is 16.1 Å². The predicted octanol–water partition coefficient (Wildman–Crippen LogP) is 3.48. The van der Waals surface area contributed by atoms with Crippen molar-refractivity contribution in [2.24, 2.45) is 0 Å². The predicted molar refractivity (Wildman–Crippen MR) is 99.4 cm³/mol. The average Bonchev–Trinajstić information content (AvgIpc) is 2.64. The topological polar surface area (TPSA) is 64.6 Å². The quantitative estimate of drug-likeness (QED) is 0.579. The molecular formula is C19H15Cl2NO4. The smallest absolute Gasteiger partial charge is 0.342 e. The lowest BCUT2D eigenvalue weighted by Crippen LogP contribution is -2.29. The summed E-state index contributed by atoms with van der Waals surface area (Å²) in [6, 6.07) is 11.6. The van der Waals surface area contributed by atoms with E-state index in [1.54, 1.807) is 42.5 Å². The maximum absolute atomic E-state index is 12.2. The summed E-state index contributed by atoms with van der Waals surface area (Å²) in [6.07, 6.45) is 5.04. The van der Waals surface area contributed by atoms with Crippen LogP contribution in [0.5, 0.6) is 5.75 Å². The Kier molecular flexibility index (Phi) is 7.34. The van der Waals surface area contributed by atoms with E-state index >= 15 is 0 Å². The summed E-state index contributed by atoms with van der Waals surface area (Å²) >= 11 is 12.0.